The van der Waals surface area contributed by atoms with Gasteiger partial charge in [0.25, 0.3) is 5.69 Å². The number of ether oxygens (including phenoxy) is 1. The number of pyridine rings is 1. The maximum atomic E-state index is 10.7. The van der Waals surface area contributed by atoms with E-state index in [-0.39, 0.29) is 28.2 Å². The first-order valence-electron chi connectivity index (χ1n) is 5.39. The van der Waals surface area contributed by atoms with Crippen molar-refractivity contribution in [3.63, 3.8) is 0 Å². The molecule has 0 spiro atoms. The number of nitrogen functional groups attached to an aromatic ring is 1. The molecule has 3 N–H and O–H groups in total. The lowest BCUT2D eigenvalue weighted by molar-refractivity contribution is -0.384. The van der Waals surface area contributed by atoms with Gasteiger partial charge in [-0.15, -0.1) is 0 Å². The predicted octanol–water partition coefficient (Wildman–Crippen LogP) is 2.72. The zero-order chi connectivity index (χ0) is 14.7. The van der Waals surface area contributed by atoms with E-state index in [1.54, 1.807) is 6.07 Å². The highest BCUT2D eigenvalue weighted by molar-refractivity contribution is 6.32. The third-order valence-corrected chi connectivity index (χ3v) is 2.70. The van der Waals surface area contributed by atoms with Gasteiger partial charge in [-0.1, -0.05) is 11.6 Å². The van der Waals surface area contributed by atoms with Crippen molar-refractivity contribution in [1.82, 2.24) is 4.98 Å². The second-order valence-electron chi connectivity index (χ2n) is 3.77. The number of rotatable bonds is 4. The summed E-state index contributed by atoms with van der Waals surface area (Å²) in [6.45, 7) is 0. The maximum Gasteiger partial charge on any atom is 0.273 e. The number of nitro benzene ring substituents is 1. The summed E-state index contributed by atoms with van der Waals surface area (Å²) in [5.74, 6) is 0.207. The van der Waals surface area contributed by atoms with Crippen LogP contribution in [0.5, 0.6) is 11.6 Å². The van der Waals surface area contributed by atoms with E-state index in [2.05, 4.69) is 4.98 Å². The standard InChI is InChI=1S/C12H9ClN4O3/c13-9-3-2-8(17(18)19)5-10(9)20-11-4-1-7(6-16-11)12(14)15/h1-6H,(H3,14,15). The van der Waals surface area contributed by atoms with Gasteiger partial charge >= 0.3 is 0 Å². The van der Waals surface area contributed by atoms with Crippen molar-refractivity contribution in [2.45, 2.75) is 0 Å². The molecule has 0 unspecified atom stereocenters. The summed E-state index contributed by atoms with van der Waals surface area (Å²) in [4.78, 5) is 14.1. The van der Waals surface area contributed by atoms with Gasteiger partial charge in [-0.05, 0) is 12.1 Å². The van der Waals surface area contributed by atoms with Crippen LogP contribution in [0, 0.1) is 15.5 Å². The molecule has 8 heteroatoms. The number of nitrogens with zero attached hydrogens (tertiary/aromatic N) is 2. The fourth-order valence-corrected chi connectivity index (χ4v) is 1.55. The molecule has 1 heterocycles. The van der Waals surface area contributed by atoms with E-state index in [0.29, 0.717) is 5.56 Å². The SMILES string of the molecule is N=C(N)c1ccc(Oc2cc([N+](=O)[O-])ccc2Cl)nc1. The van der Waals surface area contributed by atoms with E-state index in [0.717, 1.165) is 0 Å². The van der Waals surface area contributed by atoms with Crippen LogP contribution in [0.25, 0.3) is 0 Å². The monoisotopic (exact) mass is 292 g/mol. The summed E-state index contributed by atoms with van der Waals surface area (Å²) in [5, 5.41) is 18.2. The molecule has 1 aromatic heterocycles. The van der Waals surface area contributed by atoms with Crippen molar-refractivity contribution in [3.05, 3.63) is 57.2 Å². The molecule has 102 valence electrons. The highest BCUT2D eigenvalue weighted by Gasteiger charge is 2.12. The zero-order valence-electron chi connectivity index (χ0n) is 10.0. The largest absolute Gasteiger partial charge is 0.437 e. The molecule has 1 aromatic carbocycles. The number of nitrogens with one attached hydrogen (secondary N) is 1. The Morgan fingerprint density at radius 2 is 2.15 bits per heavy atom. The molecule has 7 nitrogen and oxygen atoms in total. The van der Waals surface area contributed by atoms with Gasteiger partial charge in [0.05, 0.1) is 16.0 Å². The van der Waals surface area contributed by atoms with Crippen LogP contribution >= 0.6 is 11.6 Å². The smallest absolute Gasteiger partial charge is 0.273 e. The number of benzene rings is 1. The Morgan fingerprint density at radius 3 is 2.70 bits per heavy atom. The van der Waals surface area contributed by atoms with E-state index in [1.165, 1.54) is 30.5 Å². The molecule has 2 rings (SSSR count). The van der Waals surface area contributed by atoms with E-state index >= 15 is 0 Å². The Bertz CT molecular complexity index is 673. The summed E-state index contributed by atoms with van der Waals surface area (Å²) >= 11 is 5.90. The van der Waals surface area contributed by atoms with Crippen LogP contribution in [0.1, 0.15) is 5.56 Å². The van der Waals surface area contributed by atoms with Gasteiger partial charge in [-0.2, -0.15) is 0 Å². The molecule has 0 radical (unpaired) electrons. The molecule has 20 heavy (non-hydrogen) atoms. The molecule has 0 amide bonds. The second-order valence-corrected chi connectivity index (χ2v) is 4.18. The van der Waals surface area contributed by atoms with Crippen LogP contribution in [-0.2, 0) is 0 Å². The van der Waals surface area contributed by atoms with Gasteiger partial charge in [0.2, 0.25) is 5.88 Å². The number of nitrogens with two attached hydrogens (primary N) is 1. The molecule has 0 fully saturated rings. The highest BCUT2D eigenvalue weighted by Crippen LogP contribution is 2.31. The number of non-ortho nitro benzene ring substituents is 1. The highest BCUT2D eigenvalue weighted by atomic mass is 35.5. The van der Waals surface area contributed by atoms with E-state index < -0.39 is 4.92 Å². The summed E-state index contributed by atoms with van der Waals surface area (Å²) < 4.78 is 5.38. The number of aromatic nitrogens is 1. The third kappa shape index (κ3) is 3.01. The molecule has 0 saturated carbocycles. The van der Waals surface area contributed by atoms with Gasteiger partial charge in [0.15, 0.2) is 5.75 Å². The number of amidine groups is 1. The molecule has 0 aliphatic rings. The Labute approximate surface area is 118 Å². The minimum Gasteiger partial charge on any atom is -0.437 e. The van der Waals surface area contributed by atoms with Gasteiger partial charge in [-0.25, -0.2) is 4.98 Å². The molecule has 0 aliphatic carbocycles. The molecule has 0 aliphatic heterocycles. The Hall–Kier alpha value is -2.67. The molecule has 0 saturated heterocycles. The van der Waals surface area contributed by atoms with E-state index in [1.807, 2.05) is 0 Å². The van der Waals surface area contributed by atoms with Gasteiger partial charge in [0.1, 0.15) is 5.84 Å². The van der Waals surface area contributed by atoms with E-state index in [9.17, 15) is 10.1 Å². The minimum absolute atomic E-state index is 0.113. The summed E-state index contributed by atoms with van der Waals surface area (Å²) in [6, 6.07) is 6.91. The zero-order valence-corrected chi connectivity index (χ0v) is 10.8. The maximum absolute atomic E-state index is 10.7. The van der Waals surface area contributed by atoms with Crippen LogP contribution in [0.15, 0.2) is 36.5 Å². The lowest BCUT2D eigenvalue weighted by Gasteiger charge is -2.07. The minimum atomic E-state index is -0.546. The first kappa shape index (κ1) is 13.8. The number of halogens is 1. The molecule has 0 bridgehead atoms. The fourth-order valence-electron chi connectivity index (χ4n) is 1.40. The summed E-state index contributed by atoms with van der Waals surface area (Å²) in [5.41, 5.74) is 5.61. The average molecular weight is 293 g/mol. The van der Waals surface area contributed by atoms with Crippen LogP contribution < -0.4 is 10.5 Å². The fraction of sp³-hybridized carbons (Fsp3) is 0. The lowest BCUT2D eigenvalue weighted by Crippen LogP contribution is -2.11. The topological polar surface area (TPSA) is 115 Å². The number of hydrogen-bond acceptors (Lipinski definition) is 5. The van der Waals surface area contributed by atoms with Gasteiger partial charge in [-0.3, -0.25) is 15.5 Å². The van der Waals surface area contributed by atoms with Crippen molar-refractivity contribution in [3.8, 4) is 11.6 Å². The number of hydrogen-bond donors (Lipinski definition) is 2. The van der Waals surface area contributed by atoms with Crippen molar-refractivity contribution < 1.29 is 9.66 Å². The average Bonchev–Trinajstić information content (AvgIpc) is 2.41. The van der Waals surface area contributed by atoms with Crippen molar-refractivity contribution in [2.75, 3.05) is 0 Å². The van der Waals surface area contributed by atoms with Crippen molar-refractivity contribution in [1.29, 1.82) is 5.41 Å². The Kier molecular flexibility index (Phi) is 3.81. The van der Waals surface area contributed by atoms with Crippen LogP contribution in [0.2, 0.25) is 5.02 Å². The van der Waals surface area contributed by atoms with Crippen LogP contribution in [0.4, 0.5) is 5.69 Å². The molecule has 0 atom stereocenters. The van der Waals surface area contributed by atoms with Crippen LogP contribution in [-0.4, -0.2) is 15.7 Å². The van der Waals surface area contributed by atoms with Crippen molar-refractivity contribution in [2.24, 2.45) is 5.73 Å². The summed E-state index contributed by atoms with van der Waals surface area (Å²) in [6.07, 6.45) is 1.36. The lowest BCUT2D eigenvalue weighted by atomic mass is 10.2. The third-order valence-electron chi connectivity index (χ3n) is 2.39. The first-order chi connectivity index (χ1) is 9.47. The normalized spacial score (nSPS) is 10.1. The Morgan fingerprint density at radius 1 is 1.40 bits per heavy atom. The molecular weight excluding hydrogens is 284 g/mol. The van der Waals surface area contributed by atoms with Gasteiger partial charge < -0.3 is 10.5 Å². The number of nitro groups is 1. The predicted molar refractivity (Wildman–Crippen MR) is 73.4 cm³/mol. The van der Waals surface area contributed by atoms with Crippen molar-refractivity contribution >= 4 is 23.1 Å². The molecular formula is C12H9ClN4O3. The van der Waals surface area contributed by atoms with Gasteiger partial charge in [0, 0.05) is 23.9 Å². The first-order valence-corrected chi connectivity index (χ1v) is 5.77. The summed E-state index contributed by atoms with van der Waals surface area (Å²) in [7, 11) is 0. The quantitative estimate of drug-likeness (QED) is 0.389. The second kappa shape index (κ2) is 5.54. The Balaban J connectivity index is 2.27. The van der Waals surface area contributed by atoms with E-state index in [4.69, 9.17) is 27.5 Å². The molecule has 2 aromatic rings. The van der Waals surface area contributed by atoms with Crippen LogP contribution in [0.3, 0.4) is 0 Å².